The Labute approximate surface area is 158 Å². The van der Waals surface area contributed by atoms with Crippen LogP contribution in [0.25, 0.3) is 11.0 Å². The molecule has 5 rings (SSSR count). The third-order valence-electron chi connectivity index (χ3n) is 5.73. The predicted octanol–water partition coefficient (Wildman–Crippen LogP) is 4.42. The summed E-state index contributed by atoms with van der Waals surface area (Å²) in [5.74, 6) is 0.0983. The van der Waals surface area contributed by atoms with Crippen LogP contribution in [0.15, 0.2) is 78.9 Å². The van der Waals surface area contributed by atoms with Gasteiger partial charge in [-0.2, -0.15) is 0 Å². The molecule has 4 heteroatoms. The third kappa shape index (κ3) is 2.56. The monoisotopic (exact) mass is 355 g/mol. The number of hydrogen-bond donors (Lipinski definition) is 1. The first-order valence-corrected chi connectivity index (χ1v) is 9.32. The minimum Gasteiger partial charge on any atom is -0.385 e. The van der Waals surface area contributed by atoms with E-state index in [9.17, 15) is 5.11 Å². The molecule has 1 aliphatic rings. The van der Waals surface area contributed by atoms with Crippen LogP contribution in [0.1, 0.15) is 42.0 Å². The summed E-state index contributed by atoms with van der Waals surface area (Å²) >= 11 is 0. The Bertz CT molecular complexity index is 1100. The van der Waals surface area contributed by atoms with E-state index in [0.29, 0.717) is 6.42 Å². The van der Waals surface area contributed by atoms with Gasteiger partial charge in [0.25, 0.3) is 0 Å². The lowest BCUT2D eigenvalue weighted by molar-refractivity contribution is 0.0238. The second-order valence-corrected chi connectivity index (χ2v) is 7.55. The standard InChI is InChI=1S/C23H21N3O/c1-23(27)15-18(16-9-3-2-4-10-16)22(17-11-5-6-12-19(17)23)26-21-14-8-7-13-20(21)24-25-26/h2-14,18,22,27H,15H2,1H3. The van der Waals surface area contributed by atoms with Crippen LogP contribution in [-0.4, -0.2) is 20.1 Å². The van der Waals surface area contributed by atoms with Crippen molar-refractivity contribution in [2.75, 3.05) is 0 Å². The summed E-state index contributed by atoms with van der Waals surface area (Å²) in [6, 6.07) is 26.6. The van der Waals surface area contributed by atoms with Crippen molar-refractivity contribution in [1.82, 2.24) is 15.0 Å². The van der Waals surface area contributed by atoms with E-state index in [1.165, 1.54) is 5.56 Å². The van der Waals surface area contributed by atoms with Crippen LogP contribution in [-0.2, 0) is 5.60 Å². The van der Waals surface area contributed by atoms with Gasteiger partial charge in [-0.25, -0.2) is 4.68 Å². The molecule has 0 aliphatic heterocycles. The van der Waals surface area contributed by atoms with E-state index in [0.717, 1.165) is 22.2 Å². The van der Waals surface area contributed by atoms with E-state index in [1.54, 1.807) is 0 Å². The SMILES string of the molecule is CC1(O)CC(c2ccccc2)C(n2nnc3ccccc32)c2ccccc21. The smallest absolute Gasteiger partial charge is 0.113 e. The lowest BCUT2D eigenvalue weighted by Crippen LogP contribution is -2.36. The first-order chi connectivity index (χ1) is 13.1. The quantitative estimate of drug-likeness (QED) is 0.579. The molecule has 1 heterocycles. The van der Waals surface area contributed by atoms with Gasteiger partial charge in [0.05, 0.1) is 17.2 Å². The maximum absolute atomic E-state index is 11.2. The van der Waals surface area contributed by atoms with Crippen LogP contribution in [0.2, 0.25) is 0 Å². The fourth-order valence-corrected chi connectivity index (χ4v) is 4.51. The molecule has 4 nitrogen and oxygen atoms in total. The van der Waals surface area contributed by atoms with Crippen LogP contribution < -0.4 is 0 Å². The van der Waals surface area contributed by atoms with Gasteiger partial charge in [-0.3, -0.25) is 0 Å². The van der Waals surface area contributed by atoms with Crippen molar-refractivity contribution in [3.05, 3.63) is 95.6 Å². The number of nitrogens with zero attached hydrogens (tertiary/aromatic N) is 3. The molecule has 0 amide bonds. The molecular weight excluding hydrogens is 334 g/mol. The second kappa shape index (κ2) is 6.03. The van der Waals surface area contributed by atoms with E-state index >= 15 is 0 Å². The fraction of sp³-hybridized carbons (Fsp3) is 0.217. The Morgan fingerprint density at radius 2 is 1.63 bits per heavy atom. The summed E-state index contributed by atoms with van der Waals surface area (Å²) in [6.45, 7) is 1.91. The topological polar surface area (TPSA) is 50.9 Å². The number of aromatic nitrogens is 3. The Balaban J connectivity index is 1.78. The average molecular weight is 355 g/mol. The van der Waals surface area contributed by atoms with Crippen molar-refractivity contribution in [3.8, 4) is 0 Å². The largest absolute Gasteiger partial charge is 0.385 e. The molecule has 0 saturated carbocycles. The summed E-state index contributed by atoms with van der Waals surface area (Å²) in [4.78, 5) is 0. The van der Waals surface area contributed by atoms with Gasteiger partial charge in [-0.1, -0.05) is 71.9 Å². The lowest BCUT2D eigenvalue weighted by atomic mass is 9.69. The zero-order valence-corrected chi connectivity index (χ0v) is 15.2. The third-order valence-corrected chi connectivity index (χ3v) is 5.73. The van der Waals surface area contributed by atoms with Crippen molar-refractivity contribution in [1.29, 1.82) is 0 Å². The summed E-state index contributed by atoms with van der Waals surface area (Å²) < 4.78 is 2.03. The molecule has 0 radical (unpaired) electrons. The fourth-order valence-electron chi connectivity index (χ4n) is 4.51. The maximum Gasteiger partial charge on any atom is 0.113 e. The van der Waals surface area contributed by atoms with Crippen LogP contribution in [0.3, 0.4) is 0 Å². The van der Waals surface area contributed by atoms with Gasteiger partial charge in [0.15, 0.2) is 0 Å². The number of hydrogen-bond acceptors (Lipinski definition) is 3. The number of aliphatic hydroxyl groups is 1. The summed E-state index contributed by atoms with van der Waals surface area (Å²) in [5.41, 5.74) is 4.31. The van der Waals surface area contributed by atoms with Gasteiger partial charge in [0.2, 0.25) is 0 Å². The minimum absolute atomic E-state index is 0.0174. The zero-order chi connectivity index (χ0) is 18.4. The summed E-state index contributed by atoms with van der Waals surface area (Å²) in [6.07, 6.45) is 0.632. The Morgan fingerprint density at radius 1 is 0.926 bits per heavy atom. The average Bonchev–Trinajstić information content (AvgIpc) is 3.12. The van der Waals surface area contributed by atoms with Gasteiger partial charge in [-0.15, -0.1) is 5.10 Å². The van der Waals surface area contributed by atoms with E-state index in [4.69, 9.17) is 0 Å². The van der Waals surface area contributed by atoms with Gasteiger partial charge in [0, 0.05) is 5.92 Å². The molecule has 4 aromatic rings. The van der Waals surface area contributed by atoms with Crippen molar-refractivity contribution in [3.63, 3.8) is 0 Å². The number of benzene rings is 3. The first-order valence-electron chi connectivity index (χ1n) is 9.32. The molecule has 3 atom stereocenters. The maximum atomic E-state index is 11.2. The Morgan fingerprint density at radius 3 is 2.48 bits per heavy atom. The molecule has 1 aliphatic carbocycles. The summed E-state index contributed by atoms with van der Waals surface area (Å²) in [7, 11) is 0. The van der Waals surface area contributed by atoms with Crippen molar-refractivity contribution in [2.45, 2.75) is 30.9 Å². The molecule has 1 N–H and O–H groups in total. The van der Waals surface area contributed by atoms with Crippen LogP contribution in [0.5, 0.6) is 0 Å². The van der Waals surface area contributed by atoms with Gasteiger partial charge in [0.1, 0.15) is 5.52 Å². The molecule has 0 saturated heterocycles. The normalized spacial score (nSPS) is 24.7. The minimum atomic E-state index is -0.885. The van der Waals surface area contributed by atoms with E-state index in [2.05, 4.69) is 46.7 Å². The lowest BCUT2D eigenvalue weighted by Gasteiger charge is -2.41. The molecule has 0 spiro atoms. The number of fused-ring (bicyclic) bond motifs is 2. The van der Waals surface area contributed by atoms with Crippen LogP contribution in [0.4, 0.5) is 0 Å². The van der Waals surface area contributed by atoms with Crippen molar-refractivity contribution < 1.29 is 5.11 Å². The zero-order valence-electron chi connectivity index (χ0n) is 15.2. The molecule has 0 fully saturated rings. The molecule has 27 heavy (non-hydrogen) atoms. The van der Waals surface area contributed by atoms with Gasteiger partial charge >= 0.3 is 0 Å². The van der Waals surface area contributed by atoms with Gasteiger partial charge in [-0.05, 0) is 42.2 Å². The van der Waals surface area contributed by atoms with E-state index in [1.807, 2.05) is 54.1 Å². The highest BCUT2D eigenvalue weighted by Crippen LogP contribution is 2.50. The first kappa shape index (κ1) is 16.2. The molecule has 1 aromatic heterocycles. The molecule has 0 bridgehead atoms. The summed E-state index contributed by atoms with van der Waals surface area (Å²) in [5, 5.41) is 20.1. The van der Waals surface area contributed by atoms with Crippen LogP contribution >= 0.6 is 0 Å². The number of para-hydroxylation sites is 1. The van der Waals surface area contributed by atoms with Crippen molar-refractivity contribution in [2.24, 2.45) is 0 Å². The number of rotatable bonds is 2. The highest BCUT2D eigenvalue weighted by atomic mass is 16.3. The van der Waals surface area contributed by atoms with Gasteiger partial charge < -0.3 is 5.11 Å². The van der Waals surface area contributed by atoms with E-state index in [-0.39, 0.29) is 12.0 Å². The molecule has 134 valence electrons. The predicted molar refractivity (Wildman–Crippen MR) is 105 cm³/mol. The molecular formula is C23H21N3O. The molecule has 3 unspecified atom stereocenters. The highest BCUT2D eigenvalue weighted by molar-refractivity contribution is 5.74. The van der Waals surface area contributed by atoms with E-state index < -0.39 is 5.60 Å². The Kier molecular flexibility index (Phi) is 3.62. The van der Waals surface area contributed by atoms with Crippen molar-refractivity contribution >= 4 is 11.0 Å². The Hall–Kier alpha value is -2.98. The molecule has 3 aromatic carbocycles. The second-order valence-electron chi connectivity index (χ2n) is 7.55. The van der Waals surface area contributed by atoms with Crippen LogP contribution in [0, 0.1) is 0 Å². The highest BCUT2D eigenvalue weighted by Gasteiger charge is 2.43.